The lowest BCUT2D eigenvalue weighted by atomic mass is 10.1. The highest BCUT2D eigenvalue weighted by Gasteiger charge is 2.20. The van der Waals surface area contributed by atoms with E-state index in [1.807, 2.05) is 0 Å². The Morgan fingerprint density at radius 1 is 1.25 bits per heavy atom. The zero-order valence-electron chi connectivity index (χ0n) is 9.50. The Hall–Kier alpha value is -1.71. The molecule has 0 fully saturated rings. The van der Waals surface area contributed by atoms with Gasteiger partial charge in [0.15, 0.2) is 5.78 Å². The first-order valence-corrected chi connectivity index (χ1v) is 5.29. The van der Waals surface area contributed by atoms with Gasteiger partial charge in [0.05, 0.1) is 19.9 Å². The number of carbonyl (C=O) groups excluding carboxylic acids is 1. The van der Waals surface area contributed by atoms with Crippen LogP contribution in [0.2, 0.25) is 0 Å². The van der Waals surface area contributed by atoms with E-state index in [0.717, 1.165) is 18.7 Å². The van der Waals surface area contributed by atoms with Gasteiger partial charge in [0.25, 0.3) is 0 Å². The second-order valence-corrected chi connectivity index (χ2v) is 3.71. The maximum Gasteiger partial charge on any atom is 0.165 e. The second-order valence-electron chi connectivity index (χ2n) is 3.71. The lowest BCUT2D eigenvalue weighted by Crippen LogP contribution is -2.04. The fourth-order valence-corrected chi connectivity index (χ4v) is 1.87. The van der Waals surface area contributed by atoms with Crippen LogP contribution in [0.5, 0.6) is 11.5 Å². The smallest absolute Gasteiger partial charge is 0.165 e. The van der Waals surface area contributed by atoms with Crippen LogP contribution in [0.3, 0.4) is 0 Å². The molecule has 0 saturated heterocycles. The first-order chi connectivity index (χ1) is 7.76. The molecule has 4 nitrogen and oxygen atoms in total. The summed E-state index contributed by atoms with van der Waals surface area (Å²) in [5.41, 5.74) is 1.44. The minimum Gasteiger partial charge on any atom is -0.497 e. The van der Waals surface area contributed by atoms with Gasteiger partial charge in [0, 0.05) is 24.6 Å². The zero-order chi connectivity index (χ0) is 11.5. The number of methoxy groups -OCH3 is 2. The number of carbonyl (C=O) groups is 1. The SMILES string of the molecule is COc1cc(OC)c2c(c1)C(=O)CCCN2. The number of nitrogens with one attached hydrogen (secondary N) is 1. The number of benzene rings is 1. The van der Waals surface area contributed by atoms with Crippen LogP contribution in [0.1, 0.15) is 23.2 Å². The summed E-state index contributed by atoms with van der Waals surface area (Å²) in [5, 5.41) is 3.22. The minimum absolute atomic E-state index is 0.136. The van der Waals surface area contributed by atoms with E-state index < -0.39 is 0 Å². The van der Waals surface area contributed by atoms with Gasteiger partial charge >= 0.3 is 0 Å². The van der Waals surface area contributed by atoms with E-state index in [2.05, 4.69) is 5.32 Å². The fraction of sp³-hybridized carbons (Fsp3) is 0.417. The molecule has 4 heteroatoms. The Kier molecular flexibility index (Phi) is 2.99. The van der Waals surface area contributed by atoms with Crippen LogP contribution < -0.4 is 14.8 Å². The lowest BCUT2D eigenvalue weighted by Gasteiger charge is -2.13. The zero-order valence-corrected chi connectivity index (χ0v) is 9.50. The third-order valence-corrected chi connectivity index (χ3v) is 2.71. The molecular formula is C12H15NO3. The van der Waals surface area contributed by atoms with E-state index in [1.165, 1.54) is 0 Å². The average Bonchev–Trinajstić information content (AvgIpc) is 2.50. The van der Waals surface area contributed by atoms with Crippen LogP contribution in [0.25, 0.3) is 0 Å². The molecule has 86 valence electrons. The molecule has 1 aliphatic rings. The van der Waals surface area contributed by atoms with Crippen molar-refractivity contribution in [1.29, 1.82) is 0 Å². The van der Waals surface area contributed by atoms with E-state index in [0.29, 0.717) is 23.5 Å². The quantitative estimate of drug-likeness (QED) is 0.830. The molecule has 0 saturated carbocycles. The van der Waals surface area contributed by atoms with E-state index >= 15 is 0 Å². The number of fused-ring (bicyclic) bond motifs is 1. The van der Waals surface area contributed by atoms with Crippen molar-refractivity contribution >= 4 is 11.5 Å². The van der Waals surface area contributed by atoms with E-state index in [9.17, 15) is 4.79 Å². The number of Topliss-reactive ketones (excluding diaryl/α,β-unsaturated/α-hetero) is 1. The molecule has 0 unspecified atom stereocenters. The third kappa shape index (κ3) is 1.83. The Balaban J connectivity index is 2.56. The summed E-state index contributed by atoms with van der Waals surface area (Å²) in [5.74, 6) is 1.44. The molecule has 0 aliphatic carbocycles. The number of anilines is 1. The van der Waals surface area contributed by atoms with Crippen molar-refractivity contribution in [3.63, 3.8) is 0 Å². The molecule has 1 aromatic carbocycles. The lowest BCUT2D eigenvalue weighted by molar-refractivity contribution is 0.0983. The van der Waals surface area contributed by atoms with Crippen molar-refractivity contribution in [2.75, 3.05) is 26.1 Å². The molecule has 16 heavy (non-hydrogen) atoms. The summed E-state index contributed by atoms with van der Waals surface area (Å²) < 4.78 is 10.4. The minimum atomic E-state index is 0.136. The average molecular weight is 221 g/mol. The number of hydrogen-bond donors (Lipinski definition) is 1. The van der Waals surface area contributed by atoms with Crippen LogP contribution in [0.15, 0.2) is 12.1 Å². The molecule has 1 heterocycles. The summed E-state index contributed by atoms with van der Waals surface area (Å²) in [4.78, 5) is 11.9. The summed E-state index contributed by atoms with van der Waals surface area (Å²) in [6.07, 6.45) is 1.41. The normalized spacial score (nSPS) is 14.8. The van der Waals surface area contributed by atoms with Crippen molar-refractivity contribution in [3.05, 3.63) is 17.7 Å². The largest absolute Gasteiger partial charge is 0.497 e. The van der Waals surface area contributed by atoms with Crippen LogP contribution in [-0.4, -0.2) is 26.5 Å². The highest BCUT2D eigenvalue weighted by molar-refractivity contribution is 6.03. The van der Waals surface area contributed by atoms with Gasteiger partial charge in [0.1, 0.15) is 11.5 Å². The van der Waals surface area contributed by atoms with Gasteiger partial charge < -0.3 is 14.8 Å². The van der Waals surface area contributed by atoms with Gasteiger partial charge in [-0.05, 0) is 12.5 Å². The van der Waals surface area contributed by atoms with Gasteiger partial charge in [-0.25, -0.2) is 0 Å². The number of ether oxygens (including phenoxy) is 2. The van der Waals surface area contributed by atoms with E-state index in [1.54, 1.807) is 26.4 Å². The van der Waals surface area contributed by atoms with Crippen LogP contribution >= 0.6 is 0 Å². The molecule has 1 aliphatic heterocycles. The Bertz CT molecular complexity index is 415. The molecule has 0 atom stereocenters. The first kappa shape index (κ1) is 10.8. The van der Waals surface area contributed by atoms with Crippen molar-refractivity contribution in [2.24, 2.45) is 0 Å². The highest BCUT2D eigenvalue weighted by atomic mass is 16.5. The van der Waals surface area contributed by atoms with Crippen LogP contribution in [-0.2, 0) is 0 Å². The summed E-state index contributed by atoms with van der Waals surface area (Å²) in [6.45, 7) is 0.793. The standard InChI is InChI=1S/C12H15NO3/c1-15-8-6-9-10(14)4-3-5-13-12(9)11(7-8)16-2/h6-7,13H,3-5H2,1-2H3. The van der Waals surface area contributed by atoms with Crippen molar-refractivity contribution < 1.29 is 14.3 Å². The van der Waals surface area contributed by atoms with E-state index in [-0.39, 0.29) is 5.78 Å². The summed E-state index contributed by atoms with van der Waals surface area (Å²) >= 11 is 0. The van der Waals surface area contributed by atoms with Gasteiger partial charge in [-0.2, -0.15) is 0 Å². The molecule has 1 N–H and O–H groups in total. The summed E-state index contributed by atoms with van der Waals surface area (Å²) in [6, 6.07) is 3.54. The van der Waals surface area contributed by atoms with Gasteiger partial charge in [-0.3, -0.25) is 4.79 Å². The maximum atomic E-state index is 11.9. The number of ketones is 1. The third-order valence-electron chi connectivity index (χ3n) is 2.71. The van der Waals surface area contributed by atoms with Crippen molar-refractivity contribution in [1.82, 2.24) is 0 Å². The van der Waals surface area contributed by atoms with Crippen molar-refractivity contribution in [2.45, 2.75) is 12.8 Å². The predicted octanol–water partition coefficient (Wildman–Crippen LogP) is 2.09. The molecule has 0 aromatic heterocycles. The van der Waals surface area contributed by atoms with Crippen molar-refractivity contribution in [3.8, 4) is 11.5 Å². The predicted molar refractivity (Wildman–Crippen MR) is 61.6 cm³/mol. The molecule has 0 spiro atoms. The monoisotopic (exact) mass is 221 g/mol. The van der Waals surface area contributed by atoms with Gasteiger partial charge in [0.2, 0.25) is 0 Å². The Morgan fingerprint density at radius 3 is 2.75 bits per heavy atom. The Morgan fingerprint density at radius 2 is 2.06 bits per heavy atom. The Labute approximate surface area is 94.6 Å². The number of hydrogen-bond acceptors (Lipinski definition) is 4. The molecule has 0 bridgehead atoms. The first-order valence-electron chi connectivity index (χ1n) is 5.29. The number of rotatable bonds is 2. The molecule has 0 radical (unpaired) electrons. The van der Waals surface area contributed by atoms with E-state index in [4.69, 9.17) is 9.47 Å². The molecule has 2 rings (SSSR count). The topological polar surface area (TPSA) is 47.6 Å². The summed E-state index contributed by atoms with van der Waals surface area (Å²) in [7, 11) is 3.17. The maximum absolute atomic E-state index is 11.9. The molecule has 1 aromatic rings. The molecule has 0 amide bonds. The van der Waals surface area contributed by atoms with Gasteiger partial charge in [-0.1, -0.05) is 0 Å². The highest BCUT2D eigenvalue weighted by Crippen LogP contribution is 2.35. The molecular weight excluding hydrogens is 206 g/mol. The second kappa shape index (κ2) is 4.43. The van der Waals surface area contributed by atoms with Crippen LogP contribution in [0.4, 0.5) is 5.69 Å². The van der Waals surface area contributed by atoms with Gasteiger partial charge in [-0.15, -0.1) is 0 Å². The van der Waals surface area contributed by atoms with Crippen LogP contribution in [0, 0.1) is 0 Å². The fourth-order valence-electron chi connectivity index (χ4n) is 1.87.